The normalized spacial score (nSPS) is 11.2. The Morgan fingerprint density at radius 2 is 1.96 bits per heavy atom. The van der Waals surface area contributed by atoms with Crippen LogP contribution in [-0.4, -0.2) is 36.2 Å². The number of aromatic nitrogens is 2. The van der Waals surface area contributed by atoms with Gasteiger partial charge in [-0.05, 0) is 44.4 Å². The van der Waals surface area contributed by atoms with E-state index in [2.05, 4.69) is 10.3 Å². The van der Waals surface area contributed by atoms with Crippen LogP contribution >= 0.6 is 0 Å². The number of hydrogen-bond acceptors (Lipinski definition) is 4. The molecule has 6 nitrogen and oxygen atoms in total. The summed E-state index contributed by atoms with van der Waals surface area (Å²) >= 11 is 0. The first-order valence-electron chi connectivity index (χ1n) is 8.45. The molecule has 0 atom stereocenters. The molecule has 0 bridgehead atoms. The molecule has 1 N–H and O–H groups in total. The van der Waals surface area contributed by atoms with E-state index in [4.69, 9.17) is 9.47 Å². The predicted molar refractivity (Wildman–Crippen MR) is 97.0 cm³/mol. The zero-order chi connectivity index (χ0) is 18.3. The molecule has 0 saturated carbocycles. The van der Waals surface area contributed by atoms with Crippen LogP contribution in [0.2, 0.25) is 0 Å². The van der Waals surface area contributed by atoms with Crippen LogP contribution in [0.3, 0.4) is 0 Å². The van der Waals surface area contributed by atoms with Gasteiger partial charge in [-0.15, -0.1) is 0 Å². The van der Waals surface area contributed by atoms with Crippen LogP contribution in [-0.2, 0) is 16.8 Å². The number of carbonyl (C=O) groups is 1. The topological polar surface area (TPSA) is 65.4 Å². The summed E-state index contributed by atoms with van der Waals surface area (Å²) in [6.07, 6.45) is 7.43. The minimum Gasteiger partial charge on any atom is -0.493 e. The second-order valence-corrected chi connectivity index (χ2v) is 6.46. The summed E-state index contributed by atoms with van der Waals surface area (Å²) in [5, 5.41) is 3.03. The van der Waals surface area contributed by atoms with Crippen molar-refractivity contribution in [3.63, 3.8) is 0 Å². The number of nitrogens with zero attached hydrogens (tertiary/aromatic N) is 2. The molecular weight excluding hydrogens is 318 g/mol. The van der Waals surface area contributed by atoms with Gasteiger partial charge in [0.2, 0.25) is 5.91 Å². The number of carbonyl (C=O) groups excluding carboxylic acids is 1. The lowest BCUT2D eigenvalue weighted by Gasteiger charge is -2.25. The van der Waals surface area contributed by atoms with Crippen molar-refractivity contribution in [1.82, 2.24) is 14.9 Å². The Hall–Kier alpha value is -2.50. The van der Waals surface area contributed by atoms with Crippen LogP contribution in [0.15, 0.2) is 36.9 Å². The lowest BCUT2D eigenvalue weighted by atomic mass is 9.83. The number of hydrogen-bond donors (Lipinski definition) is 1. The average molecular weight is 345 g/mol. The molecule has 6 heteroatoms. The molecule has 136 valence electrons. The minimum absolute atomic E-state index is 0.00218. The van der Waals surface area contributed by atoms with Gasteiger partial charge >= 0.3 is 0 Å². The van der Waals surface area contributed by atoms with Gasteiger partial charge in [-0.2, -0.15) is 0 Å². The monoisotopic (exact) mass is 345 g/mol. The van der Waals surface area contributed by atoms with E-state index in [1.807, 2.05) is 42.8 Å². The zero-order valence-corrected chi connectivity index (χ0v) is 15.4. The van der Waals surface area contributed by atoms with E-state index in [9.17, 15) is 4.79 Å². The Bertz CT molecular complexity index is 681. The van der Waals surface area contributed by atoms with Crippen LogP contribution in [0.5, 0.6) is 11.5 Å². The van der Waals surface area contributed by atoms with Gasteiger partial charge in [0.25, 0.3) is 0 Å². The molecule has 0 aliphatic carbocycles. The lowest BCUT2D eigenvalue weighted by molar-refractivity contribution is -0.125. The number of ether oxygens (including phenoxy) is 2. The van der Waals surface area contributed by atoms with Crippen molar-refractivity contribution in [2.24, 2.45) is 0 Å². The van der Waals surface area contributed by atoms with Gasteiger partial charge in [0, 0.05) is 25.5 Å². The number of methoxy groups -OCH3 is 2. The predicted octanol–water partition coefficient (Wildman–Crippen LogP) is 2.77. The summed E-state index contributed by atoms with van der Waals surface area (Å²) in [4.78, 5) is 16.6. The third kappa shape index (κ3) is 4.75. The highest BCUT2D eigenvalue weighted by atomic mass is 16.5. The van der Waals surface area contributed by atoms with Gasteiger partial charge in [-0.25, -0.2) is 4.98 Å². The van der Waals surface area contributed by atoms with Crippen molar-refractivity contribution in [3.8, 4) is 11.5 Å². The lowest BCUT2D eigenvalue weighted by Crippen LogP contribution is -2.40. The van der Waals surface area contributed by atoms with E-state index in [0.29, 0.717) is 18.0 Å². The highest BCUT2D eigenvalue weighted by molar-refractivity contribution is 5.87. The smallest absolute Gasteiger partial charge is 0.230 e. The summed E-state index contributed by atoms with van der Waals surface area (Å²) in [5.41, 5.74) is 0.241. The van der Waals surface area contributed by atoms with Crippen molar-refractivity contribution in [3.05, 3.63) is 42.5 Å². The van der Waals surface area contributed by atoms with Gasteiger partial charge in [0.05, 0.1) is 26.0 Å². The summed E-state index contributed by atoms with van der Waals surface area (Å²) in [6.45, 7) is 5.39. The number of imidazole rings is 1. The molecular formula is C19H27N3O3. The van der Waals surface area contributed by atoms with E-state index in [0.717, 1.165) is 24.9 Å². The van der Waals surface area contributed by atoms with E-state index >= 15 is 0 Å². The van der Waals surface area contributed by atoms with Gasteiger partial charge in [-0.3, -0.25) is 4.79 Å². The van der Waals surface area contributed by atoms with Gasteiger partial charge in [-0.1, -0.05) is 6.07 Å². The Kier molecular flexibility index (Phi) is 6.44. The van der Waals surface area contributed by atoms with Crippen LogP contribution in [0, 0.1) is 0 Å². The Morgan fingerprint density at radius 1 is 1.20 bits per heavy atom. The third-order valence-electron chi connectivity index (χ3n) is 4.36. The summed E-state index contributed by atoms with van der Waals surface area (Å²) in [7, 11) is 3.19. The maximum absolute atomic E-state index is 12.6. The number of benzene rings is 1. The highest BCUT2D eigenvalue weighted by Gasteiger charge is 2.30. The second-order valence-electron chi connectivity index (χ2n) is 6.46. The molecule has 1 heterocycles. The van der Waals surface area contributed by atoms with Gasteiger partial charge in [0.1, 0.15) is 0 Å². The third-order valence-corrected chi connectivity index (χ3v) is 4.36. The molecule has 0 fully saturated rings. The first-order valence-corrected chi connectivity index (χ1v) is 8.45. The van der Waals surface area contributed by atoms with Crippen LogP contribution in [0.4, 0.5) is 0 Å². The molecule has 1 aromatic heterocycles. The molecule has 1 aromatic carbocycles. The number of nitrogens with one attached hydrogen (secondary N) is 1. The SMILES string of the molecule is COc1ccc(C(C)(C)C(=O)NCCCCn2ccnc2)cc1OC. The molecule has 25 heavy (non-hydrogen) atoms. The quantitative estimate of drug-likeness (QED) is 0.710. The first kappa shape index (κ1) is 18.8. The number of rotatable bonds is 9. The van der Waals surface area contributed by atoms with Gasteiger partial charge in [0.15, 0.2) is 11.5 Å². The Balaban J connectivity index is 1.88. The van der Waals surface area contributed by atoms with E-state index in [-0.39, 0.29) is 5.91 Å². The molecule has 0 unspecified atom stereocenters. The van der Waals surface area contributed by atoms with Crippen molar-refractivity contribution in [2.75, 3.05) is 20.8 Å². The van der Waals surface area contributed by atoms with E-state index in [1.165, 1.54) is 0 Å². The van der Waals surface area contributed by atoms with Crippen molar-refractivity contribution in [1.29, 1.82) is 0 Å². The van der Waals surface area contributed by atoms with Crippen LogP contribution in [0.25, 0.3) is 0 Å². The van der Waals surface area contributed by atoms with Crippen molar-refractivity contribution < 1.29 is 14.3 Å². The molecule has 0 aliphatic rings. The van der Waals surface area contributed by atoms with E-state index in [1.54, 1.807) is 26.7 Å². The second kappa shape index (κ2) is 8.55. The highest BCUT2D eigenvalue weighted by Crippen LogP contribution is 2.33. The standard InChI is InChI=1S/C19H27N3O3/c1-19(2,15-7-8-16(24-3)17(13-15)25-4)18(23)21-9-5-6-11-22-12-10-20-14-22/h7-8,10,12-14H,5-6,9,11H2,1-4H3,(H,21,23). The molecule has 0 aliphatic heterocycles. The fourth-order valence-electron chi connectivity index (χ4n) is 2.62. The first-order chi connectivity index (χ1) is 12.0. The fraction of sp³-hybridized carbons (Fsp3) is 0.474. The van der Waals surface area contributed by atoms with Crippen molar-refractivity contribution >= 4 is 5.91 Å². The molecule has 2 rings (SSSR count). The molecule has 2 aromatic rings. The number of amides is 1. The van der Waals surface area contributed by atoms with Crippen LogP contribution < -0.4 is 14.8 Å². The fourth-order valence-corrected chi connectivity index (χ4v) is 2.62. The molecule has 0 saturated heterocycles. The van der Waals surface area contributed by atoms with Crippen LogP contribution in [0.1, 0.15) is 32.3 Å². The summed E-state index contributed by atoms with van der Waals surface area (Å²) in [5.74, 6) is 1.28. The number of aryl methyl sites for hydroxylation is 1. The Labute approximate surface area is 149 Å². The number of unbranched alkanes of at least 4 members (excludes halogenated alkanes) is 1. The molecule has 0 spiro atoms. The zero-order valence-electron chi connectivity index (χ0n) is 15.4. The Morgan fingerprint density at radius 3 is 2.60 bits per heavy atom. The maximum atomic E-state index is 12.6. The van der Waals surface area contributed by atoms with Gasteiger partial charge < -0.3 is 19.4 Å². The van der Waals surface area contributed by atoms with E-state index < -0.39 is 5.41 Å². The molecule has 0 radical (unpaired) electrons. The minimum atomic E-state index is -0.649. The summed E-state index contributed by atoms with van der Waals surface area (Å²) < 4.78 is 12.6. The molecule has 1 amide bonds. The maximum Gasteiger partial charge on any atom is 0.230 e. The summed E-state index contributed by atoms with van der Waals surface area (Å²) in [6, 6.07) is 5.59. The largest absolute Gasteiger partial charge is 0.493 e. The average Bonchev–Trinajstić information content (AvgIpc) is 3.13. The van der Waals surface area contributed by atoms with Crippen molar-refractivity contribution in [2.45, 2.75) is 38.6 Å².